The van der Waals surface area contributed by atoms with Crippen LogP contribution in [0.1, 0.15) is 13.3 Å². The van der Waals surface area contributed by atoms with E-state index in [9.17, 15) is 14.4 Å². The summed E-state index contributed by atoms with van der Waals surface area (Å²) < 4.78 is 1.63. The van der Waals surface area contributed by atoms with Crippen molar-refractivity contribution in [3.63, 3.8) is 0 Å². The van der Waals surface area contributed by atoms with Crippen molar-refractivity contribution in [3.05, 3.63) is 12.2 Å². The summed E-state index contributed by atoms with van der Waals surface area (Å²) in [5, 5.41) is 3.91. The lowest BCUT2D eigenvalue weighted by Crippen LogP contribution is -2.33. The number of likely N-dealkylation sites (N-methyl/N-ethyl adjacent to an activating group) is 1. The topological polar surface area (TPSA) is 69.8 Å². The summed E-state index contributed by atoms with van der Waals surface area (Å²) in [4.78, 5) is 35.1. The molecule has 1 aliphatic heterocycles. The largest absolute Gasteiger partial charge is 0.292 e. The molecule has 0 atom stereocenters. The first kappa shape index (κ1) is 13.2. The molecular weight excluding hydrogens is 222 g/mol. The summed E-state index contributed by atoms with van der Waals surface area (Å²) in [6.07, 6.45) is 2.60. The van der Waals surface area contributed by atoms with Crippen molar-refractivity contribution >= 4 is 17.6 Å². The average Bonchev–Trinajstić information content (AvgIpc) is 2.63. The molecule has 0 bridgehead atoms. The van der Waals surface area contributed by atoms with E-state index in [0.717, 1.165) is 4.90 Å². The van der Waals surface area contributed by atoms with Crippen molar-refractivity contribution in [1.82, 2.24) is 4.90 Å². The van der Waals surface area contributed by atoms with E-state index in [-0.39, 0.29) is 37.1 Å². The van der Waals surface area contributed by atoms with Crippen LogP contribution in [0, 0.1) is 0 Å². The van der Waals surface area contributed by atoms with Gasteiger partial charge in [-0.05, 0) is 12.0 Å². The Balaban J connectivity index is 2.39. The van der Waals surface area contributed by atoms with Crippen LogP contribution in [0.3, 0.4) is 0 Å². The van der Waals surface area contributed by atoms with Crippen LogP contribution in [0.2, 0.25) is 0 Å². The maximum Gasteiger partial charge on any atom is 0.253 e. The third-order valence-corrected chi connectivity index (χ3v) is 2.52. The van der Waals surface area contributed by atoms with E-state index in [4.69, 9.17) is 0 Å². The molecule has 0 radical (unpaired) electrons. The molecule has 0 N–H and O–H groups in total. The number of Topliss-reactive ketones (excluding diaryl/α,β-unsaturated/α-hetero) is 1. The highest BCUT2D eigenvalue weighted by molar-refractivity contribution is 6.13. The van der Waals surface area contributed by atoms with Crippen molar-refractivity contribution in [2.45, 2.75) is 13.3 Å². The first-order chi connectivity index (χ1) is 8.08. The lowest BCUT2D eigenvalue weighted by molar-refractivity contribution is -0.579. The van der Waals surface area contributed by atoms with Crippen LogP contribution < -0.4 is 0 Å². The SMILES string of the molecule is CC[N+](CC(=O)CCN1C(=O)C=CC1=O)=NC. The van der Waals surface area contributed by atoms with E-state index in [1.54, 1.807) is 11.7 Å². The summed E-state index contributed by atoms with van der Waals surface area (Å²) in [7, 11) is 1.62. The smallest absolute Gasteiger partial charge is 0.253 e. The molecule has 0 fully saturated rings. The zero-order valence-electron chi connectivity index (χ0n) is 10.0. The number of amides is 2. The number of hydrogen-bond donors (Lipinski definition) is 0. The minimum absolute atomic E-state index is 0.0371. The van der Waals surface area contributed by atoms with Crippen LogP contribution in [0.25, 0.3) is 0 Å². The van der Waals surface area contributed by atoms with Gasteiger partial charge >= 0.3 is 0 Å². The molecule has 92 valence electrons. The van der Waals surface area contributed by atoms with Crippen LogP contribution in [0.5, 0.6) is 0 Å². The molecule has 1 rings (SSSR count). The Morgan fingerprint density at radius 2 is 1.94 bits per heavy atom. The molecule has 0 spiro atoms. The normalized spacial score (nSPS) is 15.9. The number of rotatable bonds is 6. The fraction of sp³-hybridized carbons (Fsp3) is 0.545. The van der Waals surface area contributed by atoms with E-state index < -0.39 is 0 Å². The minimum atomic E-state index is -0.352. The number of imide groups is 1. The molecule has 0 saturated heterocycles. The Morgan fingerprint density at radius 3 is 2.41 bits per heavy atom. The Bertz CT molecular complexity index is 381. The van der Waals surface area contributed by atoms with Crippen LogP contribution in [0.4, 0.5) is 0 Å². The van der Waals surface area contributed by atoms with Gasteiger partial charge in [-0.25, -0.2) is 0 Å². The van der Waals surface area contributed by atoms with Gasteiger partial charge < -0.3 is 0 Å². The molecule has 6 heteroatoms. The molecule has 6 nitrogen and oxygen atoms in total. The Hall–Kier alpha value is -1.85. The van der Waals surface area contributed by atoms with Gasteiger partial charge in [0, 0.05) is 25.1 Å². The third-order valence-electron chi connectivity index (χ3n) is 2.52. The summed E-state index contributed by atoms with van der Waals surface area (Å²) in [5.41, 5.74) is 0. The molecule has 0 saturated carbocycles. The first-order valence-corrected chi connectivity index (χ1v) is 5.48. The number of carbonyl (C=O) groups is 3. The third kappa shape index (κ3) is 3.58. The summed E-state index contributed by atoms with van der Waals surface area (Å²) >= 11 is 0. The molecule has 0 aromatic rings. The monoisotopic (exact) mass is 238 g/mol. The molecule has 1 aliphatic rings. The maximum absolute atomic E-state index is 11.6. The Kier molecular flexibility index (Phi) is 4.68. The number of azo groups is 2. The zero-order chi connectivity index (χ0) is 12.8. The highest BCUT2D eigenvalue weighted by atomic mass is 16.2. The van der Waals surface area contributed by atoms with E-state index in [1.807, 2.05) is 6.92 Å². The van der Waals surface area contributed by atoms with Crippen LogP contribution in [-0.4, -0.2) is 53.9 Å². The Labute approximate surface area is 99.6 Å². The van der Waals surface area contributed by atoms with Crippen molar-refractivity contribution in [3.8, 4) is 0 Å². The van der Waals surface area contributed by atoms with Gasteiger partial charge in [0.25, 0.3) is 11.8 Å². The number of carbonyl (C=O) groups excluding carboxylic acids is 3. The van der Waals surface area contributed by atoms with Gasteiger partial charge in [-0.1, -0.05) is 0 Å². The number of nitrogens with zero attached hydrogens (tertiary/aromatic N) is 3. The second-order valence-electron chi connectivity index (χ2n) is 3.63. The maximum atomic E-state index is 11.6. The van der Waals surface area contributed by atoms with Gasteiger partial charge in [-0.15, -0.1) is 4.70 Å². The van der Waals surface area contributed by atoms with Gasteiger partial charge in [0.1, 0.15) is 0 Å². The van der Waals surface area contributed by atoms with E-state index in [1.165, 1.54) is 12.2 Å². The van der Waals surface area contributed by atoms with Gasteiger partial charge in [0.15, 0.2) is 6.54 Å². The number of hydrogen-bond acceptors (Lipinski definition) is 4. The zero-order valence-corrected chi connectivity index (χ0v) is 10.0. The summed E-state index contributed by atoms with van der Waals surface area (Å²) in [6, 6.07) is 0. The molecule has 0 aliphatic carbocycles. The van der Waals surface area contributed by atoms with E-state index in [2.05, 4.69) is 5.11 Å². The quantitative estimate of drug-likeness (QED) is 0.371. The minimum Gasteiger partial charge on any atom is -0.292 e. The fourth-order valence-electron chi connectivity index (χ4n) is 1.49. The second-order valence-corrected chi connectivity index (χ2v) is 3.63. The highest BCUT2D eigenvalue weighted by Crippen LogP contribution is 2.04. The molecule has 0 unspecified atom stereocenters. The average molecular weight is 238 g/mol. The fourth-order valence-corrected chi connectivity index (χ4v) is 1.49. The lowest BCUT2D eigenvalue weighted by atomic mass is 10.2. The van der Waals surface area contributed by atoms with Crippen molar-refractivity contribution in [1.29, 1.82) is 0 Å². The van der Waals surface area contributed by atoms with Crippen molar-refractivity contribution in [2.24, 2.45) is 5.11 Å². The van der Waals surface area contributed by atoms with Gasteiger partial charge in [0.05, 0.1) is 7.05 Å². The predicted octanol–water partition coefficient (Wildman–Crippen LogP) is -0.0150. The second kappa shape index (κ2) is 6.03. The standard InChI is InChI=1S/C11H16N3O3/c1-3-13(12-2)8-9(15)6-7-14-10(16)4-5-11(14)17/h4-5H,3,6-8H2,1-2H3/q+1. The molecule has 0 aromatic carbocycles. The predicted molar refractivity (Wildman–Crippen MR) is 59.5 cm³/mol. The Morgan fingerprint density at radius 1 is 1.35 bits per heavy atom. The lowest BCUT2D eigenvalue weighted by Gasteiger charge is -2.11. The first-order valence-electron chi connectivity index (χ1n) is 5.48. The van der Waals surface area contributed by atoms with Gasteiger partial charge in [-0.2, -0.15) is 0 Å². The summed E-state index contributed by atoms with van der Waals surface area (Å²) in [5.74, 6) is -0.740. The van der Waals surface area contributed by atoms with Crippen molar-refractivity contribution < 1.29 is 19.1 Å². The van der Waals surface area contributed by atoms with Crippen LogP contribution >= 0.6 is 0 Å². The molecule has 2 amide bonds. The van der Waals surface area contributed by atoms with Crippen molar-refractivity contribution in [2.75, 3.05) is 26.7 Å². The van der Waals surface area contributed by atoms with E-state index in [0.29, 0.717) is 6.54 Å². The number of ketones is 1. The van der Waals surface area contributed by atoms with E-state index >= 15 is 0 Å². The van der Waals surface area contributed by atoms with Crippen LogP contribution in [-0.2, 0) is 14.4 Å². The highest BCUT2D eigenvalue weighted by Gasteiger charge is 2.24. The summed E-state index contributed by atoms with van der Waals surface area (Å²) in [6.45, 7) is 2.92. The van der Waals surface area contributed by atoms with Crippen LogP contribution in [0.15, 0.2) is 17.3 Å². The van der Waals surface area contributed by atoms with Gasteiger partial charge in [-0.3, -0.25) is 19.3 Å². The molecule has 0 aromatic heterocycles. The molecule has 1 heterocycles. The van der Waals surface area contributed by atoms with Gasteiger partial charge in [0.2, 0.25) is 12.3 Å². The molecular formula is C11H16N3O3+. The molecule has 17 heavy (non-hydrogen) atoms.